The highest BCUT2D eigenvalue weighted by atomic mass is 35.5. The molecule has 0 fully saturated rings. The van der Waals surface area contributed by atoms with E-state index in [0.717, 1.165) is 12.1 Å². The van der Waals surface area contributed by atoms with Crippen molar-refractivity contribution in [3.63, 3.8) is 0 Å². The highest BCUT2D eigenvalue weighted by molar-refractivity contribution is 6.35. The lowest BCUT2D eigenvalue weighted by Crippen LogP contribution is -2.22. The normalized spacial score (nSPS) is 11.2. The summed E-state index contributed by atoms with van der Waals surface area (Å²) in [5.41, 5.74) is -0.234. The summed E-state index contributed by atoms with van der Waals surface area (Å²) in [5, 5.41) is 5.98. The SMILES string of the molecule is O=C(CNc1cc(Cl)cc(Cl)c1)Nc1cccc(C(F)(F)F)c1. The fourth-order valence-electron chi connectivity index (χ4n) is 1.82. The zero-order chi connectivity index (χ0) is 17.0. The van der Waals surface area contributed by atoms with Crippen molar-refractivity contribution in [3.8, 4) is 0 Å². The Balaban J connectivity index is 1.97. The van der Waals surface area contributed by atoms with Crippen LogP contribution in [0.4, 0.5) is 24.5 Å². The van der Waals surface area contributed by atoms with Crippen LogP contribution in [-0.4, -0.2) is 12.5 Å². The third-order valence-electron chi connectivity index (χ3n) is 2.79. The third kappa shape index (κ3) is 5.33. The van der Waals surface area contributed by atoms with Gasteiger partial charge in [-0.1, -0.05) is 29.3 Å². The second kappa shape index (κ2) is 7.10. The van der Waals surface area contributed by atoms with E-state index in [1.807, 2.05) is 0 Å². The van der Waals surface area contributed by atoms with E-state index >= 15 is 0 Å². The predicted molar refractivity (Wildman–Crippen MR) is 85.0 cm³/mol. The topological polar surface area (TPSA) is 41.1 Å². The molecule has 2 aromatic rings. The molecule has 2 rings (SSSR count). The molecule has 0 saturated heterocycles. The van der Waals surface area contributed by atoms with Crippen molar-refractivity contribution in [3.05, 3.63) is 58.1 Å². The smallest absolute Gasteiger partial charge is 0.376 e. The van der Waals surface area contributed by atoms with Gasteiger partial charge in [0.25, 0.3) is 0 Å². The van der Waals surface area contributed by atoms with Crippen LogP contribution >= 0.6 is 23.2 Å². The van der Waals surface area contributed by atoms with E-state index in [4.69, 9.17) is 23.2 Å². The molecule has 0 saturated carbocycles. The summed E-state index contributed by atoms with van der Waals surface area (Å²) < 4.78 is 37.8. The molecule has 0 aromatic heterocycles. The number of benzene rings is 2. The Morgan fingerprint density at radius 2 is 1.65 bits per heavy atom. The van der Waals surface area contributed by atoms with Crippen LogP contribution in [0.5, 0.6) is 0 Å². The Bertz CT molecular complexity index is 700. The van der Waals surface area contributed by atoms with Crippen molar-refractivity contribution >= 4 is 40.5 Å². The summed E-state index contributed by atoms with van der Waals surface area (Å²) in [5.74, 6) is -0.500. The fraction of sp³-hybridized carbons (Fsp3) is 0.133. The molecule has 3 nitrogen and oxygen atoms in total. The molecule has 0 heterocycles. The molecule has 0 radical (unpaired) electrons. The molecule has 0 spiro atoms. The molecule has 1 amide bonds. The summed E-state index contributed by atoms with van der Waals surface area (Å²) in [6.07, 6.45) is -4.46. The monoisotopic (exact) mass is 362 g/mol. The van der Waals surface area contributed by atoms with Gasteiger partial charge in [0, 0.05) is 21.4 Å². The number of carbonyl (C=O) groups excluding carboxylic acids is 1. The van der Waals surface area contributed by atoms with Gasteiger partial charge in [0.15, 0.2) is 0 Å². The summed E-state index contributed by atoms with van der Waals surface area (Å²) in [6, 6.07) is 9.09. The van der Waals surface area contributed by atoms with Crippen LogP contribution in [0.2, 0.25) is 10.0 Å². The summed E-state index contributed by atoms with van der Waals surface area (Å²) in [4.78, 5) is 11.8. The van der Waals surface area contributed by atoms with Crippen LogP contribution in [-0.2, 0) is 11.0 Å². The maximum atomic E-state index is 12.6. The van der Waals surface area contributed by atoms with Crippen LogP contribution in [0.1, 0.15) is 5.56 Å². The van der Waals surface area contributed by atoms with E-state index in [1.54, 1.807) is 12.1 Å². The minimum atomic E-state index is -4.46. The van der Waals surface area contributed by atoms with Crippen molar-refractivity contribution in [1.82, 2.24) is 0 Å². The van der Waals surface area contributed by atoms with Crippen LogP contribution in [0.15, 0.2) is 42.5 Å². The van der Waals surface area contributed by atoms with E-state index in [0.29, 0.717) is 15.7 Å². The molecule has 0 atom stereocenters. The molecule has 8 heteroatoms. The lowest BCUT2D eigenvalue weighted by atomic mass is 10.2. The first-order valence-corrected chi connectivity index (χ1v) is 7.17. The lowest BCUT2D eigenvalue weighted by molar-refractivity contribution is -0.137. The maximum absolute atomic E-state index is 12.6. The van der Waals surface area contributed by atoms with Gasteiger partial charge in [-0.3, -0.25) is 4.79 Å². The van der Waals surface area contributed by atoms with Gasteiger partial charge >= 0.3 is 6.18 Å². The molecule has 122 valence electrons. The Labute approximate surface area is 140 Å². The van der Waals surface area contributed by atoms with Crippen molar-refractivity contribution in [1.29, 1.82) is 0 Å². The first-order valence-electron chi connectivity index (χ1n) is 6.41. The number of hydrogen-bond donors (Lipinski definition) is 2. The van der Waals surface area contributed by atoms with Gasteiger partial charge in [0.05, 0.1) is 12.1 Å². The molecule has 23 heavy (non-hydrogen) atoms. The summed E-state index contributed by atoms with van der Waals surface area (Å²) in [6.45, 7) is -0.146. The van der Waals surface area contributed by atoms with Crippen LogP contribution < -0.4 is 10.6 Å². The quantitative estimate of drug-likeness (QED) is 0.797. The standard InChI is InChI=1S/C15H11Cl2F3N2O/c16-10-5-11(17)7-13(6-10)21-8-14(23)22-12-3-1-2-9(4-12)15(18,19)20/h1-7,21H,8H2,(H,22,23). The Morgan fingerprint density at radius 3 is 2.26 bits per heavy atom. The second-order valence-corrected chi connectivity index (χ2v) is 5.51. The van der Waals surface area contributed by atoms with Gasteiger partial charge < -0.3 is 10.6 Å². The number of halogens is 5. The number of amides is 1. The van der Waals surface area contributed by atoms with Crippen LogP contribution in [0.25, 0.3) is 0 Å². The van der Waals surface area contributed by atoms with E-state index in [2.05, 4.69) is 10.6 Å². The molecule has 2 N–H and O–H groups in total. The highest BCUT2D eigenvalue weighted by Crippen LogP contribution is 2.30. The van der Waals surface area contributed by atoms with Crippen molar-refractivity contribution in [2.24, 2.45) is 0 Å². The van der Waals surface area contributed by atoms with Gasteiger partial charge in [0.2, 0.25) is 5.91 Å². The van der Waals surface area contributed by atoms with Crippen molar-refractivity contribution in [2.75, 3.05) is 17.2 Å². The maximum Gasteiger partial charge on any atom is 0.416 e. The number of nitrogens with one attached hydrogen (secondary N) is 2. The molecule has 0 unspecified atom stereocenters. The van der Waals surface area contributed by atoms with Gasteiger partial charge in [0.1, 0.15) is 0 Å². The summed E-state index contributed by atoms with van der Waals surface area (Å²) >= 11 is 11.6. The Morgan fingerprint density at radius 1 is 1.00 bits per heavy atom. The average molecular weight is 363 g/mol. The molecule has 0 aliphatic rings. The van der Waals surface area contributed by atoms with E-state index in [-0.39, 0.29) is 12.2 Å². The number of hydrogen-bond acceptors (Lipinski definition) is 2. The van der Waals surface area contributed by atoms with Gasteiger partial charge in [-0.05, 0) is 36.4 Å². The molecular weight excluding hydrogens is 352 g/mol. The van der Waals surface area contributed by atoms with Crippen LogP contribution in [0, 0.1) is 0 Å². The molecular formula is C15H11Cl2F3N2O. The number of carbonyl (C=O) groups is 1. The van der Waals surface area contributed by atoms with E-state index in [1.165, 1.54) is 18.2 Å². The van der Waals surface area contributed by atoms with E-state index < -0.39 is 17.6 Å². The van der Waals surface area contributed by atoms with Gasteiger partial charge in [-0.25, -0.2) is 0 Å². The largest absolute Gasteiger partial charge is 0.416 e. The molecule has 0 aliphatic carbocycles. The molecule has 0 aliphatic heterocycles. The summed E-state index contributed by atoms with van der Waals surface area (Å²) in [7, 11) is 0. The zero-order valence-electron chi connectivity index (χ0n) is 11.5. The first kappa shape index (κ1) is 17.4. The fourth-order valence-corrected chi connectivity index (χ4v) is 2.34. The number of alkyl halides is 3. The average Bonchev–Trinajstić information content (AvgIpc) is 2.43. The molecule has 2 aromatic carbocycles. The number of anilines is 2. The lowest BCUT2D eigenvalue weighted by Gasteiger charge is -2.11. The Kier molecular flexibility index (Phi) is 5.38. The van der Waals surface area contributed by atoms with Crippen LogP contribution in [0.3, 0.4) is 0 Å². The zero-order valence-corrected chi connectivity index (χ0v) is 13.1. The molecule has 0 bridgehead atoms. The van der Waals surface area contributed by atoms with Crippen molar-refractivity contribution in [2.45, 2.75) is 6.18 Å². The first-order chi connectivity index (χ1) is 10.7. The minimum absolute atomic E-state index is 0.0655. The van der Waals surface area contributed by atoms with Gasteiger partial charge in [-0.2, -0.15) is 13.2 Å². The third-order valence-corrected chi connectivity index (χ3v) is 3.23. The number of rotatable bonds is 4. The Hall–Kier alpha value is -1.92. The van der Waals surface area contributed by atoms with Gasteiger partial charge in [-0.15, -0.1) is 0 Å². The minimum Gasteiger partial charge on any atom is -0.376 e. The van der Waals surface area contributed by atoms with Crippen molar-refractivity contribution < 1.29 is 18.0 Å². The van der Waals surface area contributed by atoms with E-state index in [9.17, 15) is 18.0 Å². The predicted octanol–water partition coefficient (Wildman–Crippen LogP) is 5.06. The highest BCUT2D eigenvalue weighted by Gasteiger charge is 2.30. The second-order valence-electron chi connectivity index (χ2n) is 4.64.